The number of rotatable bonds is 17. The summed E-state index contributed by atoms with van der Waals surface area (Å²) in [7, 11) is 0. The van der Waals surface area contributed by atoms with Crippen LogP contribution in [0.4, 0.5) is 4.39 Å². The number of phenols is 1. The first kappa shape index (κ1) is 72.5. The van der Waals surface area contributed by atoms with Gasteiger partial charge in [0.05, 0.1) is 77.6 Å². The molecule has 0 unspecified atom stereocenters. The summed E-state index contributed by atoms with van der Waals surface area (Å²) in [6.07, 6.45) is 21.4. The van der Waals surface area contributed by atoms with Crippen LogP contribution in [0.2, 0.25) is 0 Å². The largest absolute Gasteiger partial charge is 0.508 e. The Bertz CT molecular complexity index is 5800. The van der Waals surface area contributed by atoms with Gasteiger partial charge < -0.3 is 34.1 Å². The van der Waals surface area contributed by atoms with Crippen molar-refractivity contribution in [3.8, 4) is 118 Å². The number of hydrogen-bond donors (Lipinski definition) is 3. The Morgan fingerprint density at radius 3 is 0.955 bits per heavy atom. The lowest BCUT2D eigenvalue weighted by molar-refractivity contribution is -0.0387. The molecule has 0 saturated heterocycles. The highest BCUT2D eigenvalue weighted by Crippen LogP contribution is 2.42. The maximum absolute atomic E-state index is 13.2. The van der Waals surface area contributed by atoms with E-state index in [2.05, 4.69) is 152 Å². The van der Waals surface area contributed by atoms with Crippen LogP contribution in [0.5, 0.6) is 28.7 Å². The average Bonchev–Trinajstić information content (AvgIpc) is 1.37. The Morgan fingerprint density at radius 2 is 0.636 bits per heavy atom. The SMILES string of the molecule is CC(C)Oc1ccc(-c2cnc3ccc(-c4ccc(C5(O)CCC5)cc4)cn23)cc1.CC(C)Oc1ccc(-c2cnc3ccc(-c4ccc(F)cc4)cn23)cc1.CC(C)Oc1ccc(-c2cnc3ccc(-c4ccc(O)cc4)cn23)cc1.CC(C)Oc1ccc(-c2cnc3ccc(-c4ccc5[nH]ccc5c4)cn23)cc1. The van der Waals surface area contributed by atoms with Crippen LogP contribution in [0.25, 0.3) is 123 Å². The molecule has 3 N–H and O–H groups in total. The number of aliphatic hydroxyl groups is 1. The van der Waals surface area contributed by atoms with E-state index < -0.39 is 5.60 Å². The summed E-state index contributed by atoms with van der Waals surface area (Å²) in [5.41, 5.74) is 22.3. The van der Waals surface area contributed by atoms with Crippen molar-refractivity contribution in [3.05, 3.63) is 310 Å². The summed E-state index contributed by atoms with van der Waals surface area (Å²) in [6.45, 7) is 16.2. The number of H-pyrrole nitrogens is 1. The summed E-state index contributed by atoms with van der Waals surface area (Å²) in [4.78, 5) is 21.4. The van der Waals surface area contributed by atoms with Crippen molar-refractivity contribution in [1.82, 2.24) is 42.5 Å². The topological polar surface area (TPSA) is 162 Å². The van der Waals surface area contributed by atoms with Gasteiger partial charge in [0, 0.05) is 58.8 Å². The van der Waals surface area contributed by atoms with E-state index in [-0.39, 0.29) is 36.0 Å². The summed E-state index contributed by atoms with van der Waals surface area (Å²) in [5, 5.41) is 21.3. The van der Waals surface area contributed by atoms with Crippen LogP contribution in [0.15, 0.2) is 298 Å². The minimum absolute atomic E-state index is 0.148. The van der Waals surface area contributed by atoms with Crippen LogP contribution in [0.1, 0.15) is 80.2 Å². The third kappa shape index (κ3) is 16.4. The van der Waals surface area contributed by atoms with Crippen molar-refractivity contribution < 1.29 is 33.6 Å². The first-order chi connectivity index (χ1) is 53.4. The maximum Gasteiger partial charge on any atom is 0.137 e. The quantitative estimate of drug-likeness (QED) is 0.0800. The lowest BCUT2D eigenvalue weighted by Gasteiger charge is -2.37. The first-order valence-electron chi connectivity index (χ1n) is 37.3. The number of imidazole rings is 4. The van der Waals surface area contributed by atoms with Gasteiger partial charge in [-0.15, -0.1) is 0 Å². The molecule has 0 atom stereocenters. The summed E-state index contributed by atoms with van der Waals surface area (Å²) in [5.74, 6) is 3.50. The second-order valence-electron chi connectivity index (χ2n) is 28.7. The number of hydrogen-bond acceptors (Lipinski definition) is 10. The number of phenolic OH excluding ortho intramolecular Hbond substituents is 1. The number of benzene rings is 8. The van der Waals surface area contributed by atoms with E-state index in [0.717, 1.165) is 160 Å². The third-order valence-corrected chi connectivity index (χ3v) is 19.3. The van der Waals surface area contributed by atoms with Crippen molar-refractivity contribution in [2.75, 3.05) is 0 Å². The summed E-state index contributed by atoms with van der Waals surface area (Å²) >= 11 is 0. The summed E-state index contributed by atoms with van der Waals surface area (Å²) < 4.78 is 44.5. The normalized spacial score (nSPS) is 12.4. The summed E-state index contributed by atoms with van der Waals surface area (Å²) in [6, 6.07) is 79.4. The second kappa shape index (κ2) is 31.8. The maximum atomic E-state index is 13.2. The smallest absolute Gasteiger partial charge is 0.137 e. The lowest BCUT2D eigenvalue weighted by atomic mass is 9.75. The molecule has 9 heterocycles. The number of ether oxygens (including phenoxy) is 4. The molecule has 0 spiro atoms. The molecule has 18 rings (SSSR count). The van der Waals surface area contributed by atoms with Gasteiger partial charge in [-0.1, -0.05) is 54.6 Å². The lowest BCUT2D eigenvalue weighted by Crippen LogP contribution is -2.33. The fourth-order valence-electron chi connectivity index (χ4n) is 13.7. The van der Waals surface area contributed by atoms with Crippen molar-refractivity contribution in [1.29, 1.82) is 0 Å². The zero-order valence-corrected chi connectivity index (χ0v) is 62.7. The third-order valence-electron chi connectivity index (χ3n) is 19.3. The van der Waals surface area contributed by atoms with Crippen LogP contribution < -0.4 is 18.9 Å². The van der Waals surface area contributed by atoms with E-state index in [0.29, 0.717) is 0 Å². The number of nitrogens with zero attached hydrogens (tertiary/aromatic N) is 8. The minimum atomic E-state index is -0.620. The van der Waals surface area contributed by atoms with E-state index in [1.165, 1.54) is 23.1 Å². The van der Waals surface area contributed by atoms with Gasteiger partial charge in [-0.05, 0) is 318 Å². The molecule has 16 heteroatoms. The van der Waals surface area contributed by atoms with Gasteiger partial charge in [0.15, 0.2) is 0 Å². The van der Waals surface area contributed by atoms with Crippen molar-refractivity contribution >= 4 is 33.5 Å². The van der Waals surface area contributed by atoms with Crippen molar-refractivity contribution in [2.45, 2.75) is 105 Å². The van der Waals surface area contributed by atoms with Gasteiger partial charge in [0.2, 0.25) is 0 Å². The van der Waals surface area contributed by atoms with Crippen molar-refractivity contribution in [2.24, 2.45) is 0 Å². The fraction of sp³-hybridized carbons (Fsp3) is 0.170. The van der Waals surface area contributed by atoms with Gasteiger partial charge in [-0.3, -0.25) is 17.6 Å². The van der Waals surface area contributed by atoms with Gasteiger partial charge in [-0.25, -0.2) is 24.3 Å². The molecule has 0 bridgehead atoms. The Kier molecular flexibility index (Phi) is 21.0. The van der Waals surface area contributed by atoms with Gasteiger partial charge in [-0.2, -0.15) is 0 Å². The Morgan fingerprint density at radius 1 is 0.345 bits per heavy atom. The van der Waals surface area contributed by atoms with Crippen molar-refractivity contribution in [3.63, 3.8) is 0 Å². The Hall–Kier alpha value is -13.1. The average molecular weight is 1460 g/mol. The molecule has 0 amide bonds. The van der Waals surface area contributed by atoms with E-state index in [1.807, 2.05) is 208 Å². The van der Waals surface area contributed by atoms with E-state index in [4.69, 9.17) is 18.9 Å². The molecule has 8 aromatic carbocycles. The number of halogens is 1. The Balaban J connectivity index is 0.000000117. The van der Waals surface area contributed by atoms with E-state index >= 15 is 0 Å². The fourth-order valence-corrected chi connectivity index (χ4v) is 13.7. The molecule has 0 aliphatic heterocycles. The molecule has 1 fully saturated rings. The molecular formula is C94H86FN9O6. The zero-order chi connectivity index (χ0) is 76.0. The van der Waals surface area contributed by atoms with Crippen LogP contribution in [0, 0.1) is 5.82 Å². The number of aromatic amines is 1. The second-order valence-corrected chi connectivity index (χ2v) is 28.7. The number of aromatic hydroxyl groups is 1. The molecule has 1 aliphatic rings. The van der Waals surface area contributed by atoms with Gasteiger partial charge >= 0.3 is 0 Å². The van der Waals surface area contributed by atoms with Crippen LogP contribution in [-0.2, 0) is 5.60 Å². The highest BCUT2D eigenvalue weighted by Gasteiger charge is 2.36. The molecule has 110 heavy (non-hydrogen) atoms. The molecule has 550 valence electrons. The number of fused-ring (bicyclic) bond motifs is 5. The first-order valence-corrected chi connectivity index (χ1v) is 37.3. The Labute approximate surface area is 638 Å². The molecule has 1 saturated carbocycles. The molecule has 0 radical (unpaired) electrons. The molecule has 1 aliphatic carbocycles. The zero-order valence-electron chi connectivity index (χ0n) is 62.7. The predicted octanol–water partition coefficient (Wildman–Crippen LogP) is 22.5. The van der Waals surface area contributed by atoms with E-state index in [9.17, 15) is 14.6 Å². The van der Waals surface area contributed by atoms with Crippen LogP contribution >= 0.6 is 0 Å². The minimum Gasteiger partial charge on any atom is -0.508 e. The molecule has 15 nitrogen and oxygen atoms in total. The van der Waals surface area contributed by atoms with Gasteiger partial charge in [0.25, 0.3) is 0 Å². The molecule has 17 aromatic rings. The van der Waals surface area contributed by atoms with Crippen LogP contribution in [-0.4, -0.2) is 77.2 Å². The predicted molar refractivity (Wildman–Crippen MR) is 439 cm³/mol. The molecular weight excluding hydrogens is 1370 g/mol. The number of aromatic nitrogens is 9. The molecule has 9 aromatic heterocycles. The standard InChI is InChI=1S/C26H26N2O2.C24H21N3O.C22H19FN2O.C22H20N2O2/c1-18(2)30-23-11-6-20(7-12-23)24-16-27-25-13-8-21(17-28(24)25)19-4-9-22(10-5-19)26(29)14-3-15-26;1-16(2)28-21-7-3-17(4-8-21)23-14-26-24-10-6-20(15-27(23)24)18-5-9-22-19(13-18)11-12-25-22;1-15(2)26-20-10-5-17(6-11-20)21-13-24-22-12-7-18(14-25(21)22)16-3-8-19(23)9-4-16;1-15(2)26-20-10-5-17(6-11-20)21-13-23-22-12-7-18(14-24(21)22)16-3-8-19(25)9-4-16/h4-13,16-18,29H,3,14-15H2,1-2H3;3-16,25H,1-2H3;3-15H,1-2H3;3-15,25H,1-2H3. The van der Waals surface area contributed by atoms with Gasteiger partial charge in [0.1, 0.15) is 57.2 Å². The number of nitrogens with one attached hydrogen (secondary N) is 1. The number of pyridine rings is 4. The highest BCUT2D eigenvalue weighted by atomic mass is 19.1. The van der Waals surface area contributed by atoms with E-state index in [1.54, 1.807) is 24.3 Å². The monoisotopic (exact) mass is 1460 g/mol. The van der Waals surface area contributed by atoms with Crippen LogP contribution in [0.3, 0.4) is 0 Å². The highest BCUT2D eigenvalue weighted by molar-refractivity contribution is 5.85.